The highest BCUT2D eigenvalue weighted by atomic mass is 16.2. The minimum atomic E-state index is -0.544. The van der Waals surface area contributed by atoms with E-state index in [2.05, 4.69) is 10.3 Å². The summed E-state index contributed by atoms with van der Waals surface area (Å²) >= 11 is 0. The fourth-order valence-corrected chi connectivity index (χ4v) is 2.50. The Morgan fingerprint density at radius 2 is 1.64 bits per heavy atom. The highest BCUT2D eigenvalue weighted by Gasteiger charge is 2.27. The summed E-state index contributed by atoms with van der Waals surface area (Å²) < 4.78 is 0. The maximum Gasteiger partial charge on any atom is 0.242 e. The van der Waals surface area contributed by atoms with Gasteiger partial charge in [-0.3, -0.25) is 14.6 Å². The fourth-order valence-electron chi connectivity index (χ4n) is 2.50. The van der Waals surface area contributed by atoms with E-state index in [4.69, 9.17) is 0 Å². The second-order valence-electron chi connectivity index (χ2n) is 6.36. The van der Waals surface area contributed by atoms with Gasteiger partial charge in [-0.1, -0.05) is 44.2 Å². The number of rotatable bonds is 7. The van der Waals surface area contributed by atoms with E-state index < -0.39 is 6.04 Å². The number of hydrogen-bond acceptors (Lipinski definition) is 3. The predicted molar refractivity (Wildman–Crippen MR) is 97.4 cm³/mol. The second-order valence-corrected chi connectivity index (χ2v) is 6.36. The maximum absolute atomic E-state index is 12.6. The molecule has 1 atom stereocenters. The number of nitrogens with one attached hydrogen (secondary N) is 1. The van der Waals surface area contributed by atoms with Crippen molar-refractivity contribution in [3.63, 3.8) is 0 Å². The first-order valence-electron chi connectivity index (χ1n) is 8.50. The summed E-state index contributed by atoms with van der Waals surface area (Å²) in [7, 11) is 0. The van der Waals surface area contributed by atoms with E-state index in [9.17, 15) is 9.59 Å². The number of pyridine rings is 1. The van der Waals surface area contributed by atoms with E-state index in [0.29, 0.717) is 13.1 Å². The van der Waals surface area contributed by atoms with Gasteiger partial charge in [0.05, 0.1) is 0 Å². The largest absolute Gasteiger partial charge is 0.350 e. The molecule has 1 aromatic carbocycles. The van der Waals surface area contributed by atoms with Crippen molar-refractivity contribution >= 4 is 11.8 Å². The number of carbonyl (C=O) groups excluding carboxylic acids is 2. The first-order chi connectivity index (χ1) is 12.0. The summed E-state index contributed by atoms with van der Waals surface area (Å²) in [6.07, 6.45) is 3.38. The number of amides is 2. The zero-order valence-electron chi connectivity index (χ0n) is 15.0. The molecule has 25 heavy (non-hydrogen) atoms. The van der Waals surface area contributed by atoms with Crippen molar-refractivity contribution in [1.29, 1.82) is 0 Å². The molecule has 0 saturated heterocycles. The topological polar surface area (TPSA) is 62.3 Å². The van der Waals surface area contributed by atoms with Crippen LogP contribution in [-0.2, 0) is 22.7 Å². The first-order valence-corrected chi connectivity index (χ1v) is 8.50. The van der Waals surface area contributed by atoms with Gasteiger partial charge in [0, 0.05) is 31.4 Å². The van der Waals surface area contributed by atoms with E-state index in [1.807, 2.05) is 56.3 Å². The fraction of sp³-hybridized carbons (Fsp3) is 0.350. The predicted octanol–water partition coefficient (Wildman–Crippen LogP) is 2.77. The minimum Gasteiger partial charge on any atom is -0.350 e. The van der Waals surface area contributed by atoms with Crippen molar-refractivity contribution in [2.75, 3.05) is 0 Å². The Morgan fingerprint density at radius 3 is 2.24 bits per heavy atom. The molecule has 0 radical (unpaired) electrons. The molecule has 2 amide bonds. The molecule has 5 nitrogen and oxygen atoms in total. The van der Waals surface area contributed by atoms with Crippen molar-refractivity contribution < 1.29 is 9.59 Å². The van der Waals surface area contributed by atoms with Gasteiger partial charge in [-0.25, -0.2) is 0 Å². The van der Waals surface area contributed by atoms with Gasteiger partial charge in [0.2, 0.25) is 11.8 Å². The number of carbonyl (C=O) groups is 2. The van der Waals surface area contributed by atoms with Gasteiger partial charge in [-0.15, -0.1) is 0 Å². The van der Waals surface area contributed by atoms with Crippen LogP contribution < -0.4 is 5.32 Å². The van der Waals surface area contributed by atoms with Gasteiger partial charge in [0.1, 0.15) is 6.04 Å². The molecule has 2 aromatic rings. The van der Waals surface area contributed by atoms with Gasteiger partial charge in [-0.05, 0) is 30.2 Å². The lowest BCUT2D eigenvalue weighted by atomic mass is 10.1. The van der Waals surface area contributed by atoms with Crippen LogP contribution >= 0.6 is 0 Å². The van der Waals surface area contributed by atoms with Crippen LogP contribution in [0.5, 0.6) is 0 Å². The van der Waals surface area contributed by atoms with Gasteiger partial charge < -0.3 is 10.2 Å². The Hall–Kier alpha value is -2.69. The summed E-state index contributed by atoms with van der Waals surface area (Å²) in [4.78, 5) is 30.8. The minimum absolute atomic E-state index is 0.0320. The lowest BCUT2D eigenvalue weighted by molar-refractivity contribution is -0.143. The quantitative estimate of drug-likeness (QED) is 0.844. The van der Waals surface area contributed by atoms with Crippen molar-refractivity contribution in [3.05, 3.63) is 66.0 Å². The third-order valence-corrected chi connectivity index (χ3v) is 4.04. The second kappa shape index (κ2) is 8.97. The van der Waals surface area contributed by atoms with Crippen molar-refractivity contribution in [2.24, 2.45) is 5.92 Å². The van der Waals surface area contributed by atoms with Gasteiger partial charge in [0.25, 0.3) is 0 Å². The van der Waals surface area contributed by atoms with Crippen LogP contribution in [0.25, 0.3) is 0 Å². The number of nitrogens with zero attached hydrogens (tertiary/aromatic N) is 2. The highest BCUT2D eigenvalue weighted by Crippen LogP contribution is 2.13. The third-order valence-electron chi connectivity index (χ3n) is 4.04. The van der Waals surface area contributed by atoms with Crippen LogP contribution in [0.3, 0.4) is 0 Å². The molecule has 1 N–H and O–H groups in total. The number of benzene rings is 1. The third kappa shape index (κ3) is 5.41. The smallest absolute Gasteiger partial charge is 0.242 e. The maximum atomic E-state index is 12.6. The van der Waals surface area contributed by atoms with Crippen LogP contribution in [0.4, 0.5) is 0 Å². The molecular weight excluding hydrogens is 314 g/mol. The van der Waals surface area contributed by atoms with E-state index in [0.717, 1.165) is 11.1 Å². The van der Waals surface area contributed by atoms with Gasteiger partial charge in [-0.2, -0.15) is 0 Å². The Balaban J connectivity index is 2.06. The lowest BCUT2D eigenvalue weighted by Gasteiger charge is -2.30. The summed E-state index contributed by atoms with van der Waals surface area (Å²) in [5.41, 5.74) is 1.98. The van der Waals surface area contributed by atoms with Crippen molar-refractivity contribution in [2.45, 2.75) is 39.9 Å². The normalized spacial score (nSPS) is 11.8. The SMILES string of the molecule is CC(C)C(=O)N(Cc1ccccc1)[C@@H](C)C(=O)NCc1ccncc1. The first kappa shape index (κ1) is 18.6. The molecule has 1 aromatic heterocycles. The number of hydrogen-bond donors (Lipinski definition) is 1. The Bertz CT molecular complexity index is 687. The van der Waals surface area contributed by atoms with E-state index in [-0.39, 0.29) is 17.7 Å². The molecule has 0 aliphatic heterocycles. The average molecular weight is 339 g/mol. The van der Waals surface area contributed by atoms with Gasteiger partial charge >= 0.3 is 0 Å². The summed E-state index contributed by atoms with van der Waals surface area (Å²) in [5, 5.41) is 2.90. The molecule has 0 spiro atoms. The standard InChI is InChI=1S/C20H25N3O2/c1-15(2)20(25)23(14-18-7-5-4-6-8-18)16(3)19(24)22-13-17-9-11-21-12-10-17/h4-12,15-16H,13-14H2,1-3H3,(H,22,24)/t16-/m0/s1. The van der Waals surface area contributed by atoms with Crippen molar-refractivity contribution in [3.8, 4) is 0 Å². The summed E-state index contributed by atoms with van der Waals surface area (Å²) in [6, 6.07) is 12.9. The van der Waals surface area contributed by atoms with E-state index >= 15 is 0 Å². The molecule has 5 heteroatoms. The molecule has 0 fully saturated rings. The summed E-state index contributed by atoms with van der Waals surface area (Å²) in [5.74, 6) is -0.365. The zero-order chi connectivity index (χ0) is 18.2. The van der Waals surface area contributed by atoms with E-state index in [1.165, 1.54) is 0 Å². The van der Waals surface area contributed by atoms with Crippen molar-refractivity contribution in [1.82, 2.24) is 15.2 Å². The van der Waals surface area contributed by atoms with Crippen LogP contribution in [0.2, 0.25) is 0 Å². The van der Waals surface area contributed by atoms with Gasteiger partial charge in [0.15, 0.2) is 0 Å². The molecule has 0 aliphatic carbocycles. The Kier molecular flexibility index (Phi) is 6.69. The number of aromatic nitrogens is 1. The summed E-state index contributed by atoms with van der Waals surface area (Å²) in [6.45, 7) is 6.30. The van der Waals surface area contributed by atoms with Crippen LogP contribution in [0, 0.1) is 5.92 Å². The monoisotopic (exact) mass is 339 g/mol. The van der Waals surface area contributed by atoms with Crippen LogP contribution in [0.15, 0.2) is 54.9 Å². The molecular formula is C20H25N3O2. The van der Waals surface area contributed by atoms with Crippen LogP contribution in [-0.4, -0.2) is 27.7 Å². The molecule has 1 heterocycles. The molecule has 0 saturated carbocycles. The van der Waals surface area contributed by atoms with E-state index in [1.54, 1.807) is 24.2 Å². The highest BCUT2D eigenvalue weighted by molar-refractivity contribution is 5.88. The molecule has 2 rings (SSSR count). The van der Waals surface area contributed by atoms with Crippen LogP contribution in [0.1, 0.15) is 31.9 Å². The Labute approximate surface area is 149 Å². The molecule has 0 bridgehead atoms. The molecule has 132 valence electrons. The molecule has 0 aliphatic rings. The molecule has 0 unspecified atom stereocenters. The lowest BCUT2D eigenvalue weighted by Crippen LogP contribution is -2.48. The zero-order valence-corrected chi connectivity index (χ0v) is 15.0. The Morgan fingerprint density at radius 1 is 1.00 bits per heavy atom. The average Bonchev–Trinajstić information content (AvgIpc) is 2.64.